The van der Waals surface area contributed by atoms with Gasteiger partial charge in [0.05, 0.1) is 19.0 Å². The van der Waals surface area contributed by atoms with Gasteiger partial charge in [-0.2, -0.15) is 0 Å². The molecule has 1 rings (SSSR count). The van der Waals surface area contributed by atoms with Crippen molar-refractivity contribution in [3.63, 3.8) is 0 Å². The third kappa shape index (κ3) is 3.62. The maximum atomic E-state index is 9.71. The van der Waals surface area contributed by atoms with Crippen LogP contribution in [0.15, 0.2) is 42.7 Å². The number of aliphatic hydroxyl groups is 1. The van der Waals surface area contributed by atoms with Crippen LogP contribution in [0.25, 0.3) is 0 Å². The van der Waals surface area contributed by atoms with Crippen molar-refractivity contribution in [1.82, 2.24) is 0 Å². The van der Waals surface area contributed by atoms with Crippen LogP contribution in [-0.4, -0.2) is 11.7 Å². The van der Waals surface area contributed by atoms with E-state index in [-0.39, 0.29) is 0 Å². The average Bonchev–Trinajstić information content (AvgIpc) is 2.25. The Hall–Kier alpha value is -1.28. The summed E-state index contributed by atoms with van der Waals surface area (Å²) in [5, 5.41) is 9.71. The summed E-state index contributed by atoms with van der Waals surface area (Å²) < 4.78 is 5.03. The van der Waals surface area contributed by atoms with Gasteiger partial charge in [-0.25, -0.2) is 0 Å². The molecule has 1 atom stereocenters. The number of aliphatic hydroxyl groups excluding tert-OH is 1. The molecule has 0 aliphatic carbocycles. The molecule has 0 saturated carbocycles. The molecule has 2 nitrogen and oxygen atoms in total. The Morgan fingerprint density at radius 2 is 2.07 bits per heavy atom. The molecule has 0 fully saturated rings. The lowest BCUT2D eigenvalue weighted by molar-refractivity contribution is 0.179. The Morgan fingerprint density at radius 3 is 2.71 bits per heavy atom. The SMILES string of the molecule is CCOC=CCC(O)c1ccccc1. The van der Waals surface area contributed by atoms with Gasteiger partial charge in [0.1, 0.15) is 0 Å². The molecule has 0 bridgehead atoms. The van der Waals surface area contributed by atoms with E-state index >= 15 is 0 Å². The normalized spacial score (nSPS) is 13.0. The van der Waals surface area contributed by atoms with Crippen molar-refractivity contribution in [3.8, 4) is 0 Å². The van der Waals surface area contributed by atoms with Crippen LogP contribution in [0, 0.1) is 0 Å². The van der Waals surface area contributed by atoms with Crippen molar-refractivity contribution in [1.29, 1.82) is 0 Å². The Balaban J connectivity index is 2.39. The summed E-state index contributed by atoms with van der Waals surface area (Å²) in [5.41, 5.74) is 0.939. The van der Waals surface area contributed by atoms with Gasteiger partial charge in [-0.15, -0.1) is 0 Å². The first-order chi connectivity index (χ1) is 6.84. The lowest BCUT2D eigenvalue weighted by atomic mass is 10.1. The second-order valence-electron chi connectivity index (χ2n) is 2.99. The van der Waals surface area contributed by atoms with Gasteiger partial charge in [0.15, 0.2) is 0 Å². The van der Waals surface area contributed by atoms with Crippen LogP contribution in [-0.2, 0) is 4.74 Å². The molecule has 1 N–H and O–H groups in total. The lowest BCUT2D eigenvalue weighted by Crippen LogP contribution is -1.94. The van der Waals surface area contributed by atoms with Crippen LogP contribution in [0.4, 0.5) is 0 Å². The number of hydrogen-bond donors (Lipinski definition) is 1. The van der Waals surface area contributed by atoms with Gasteiger partial charge in [-0.1, -0.05) is 30.3 Å². The first kappa shape index (κ1) is 10.8. The highest BCUT2D eigenvalue weighted by molar-refractivity contribution is 5.17. The van der Waals surface area contributed by atoms with E-state index in [1.54, 1.807) is 6.26 Å². The minimum atomic E-state index is -0.437. The average molecular weight is 192 g/mol. The van der Waals surface area contributed by atoms with E-state index < -0.39 is 6.10 Å². The summed E-state index contributed by atoms with van der Waals surface area (Å²) >= 11 is 0. The molecule has 14 heavy (non-hydrogen) atoms. The Kier molecular flexibility index (Phi) is 4.79. The van der Waals surface area contributed by atoms with Gasteiger partial charge >= 0.3 is 0 Å². The molecule has 1 unspecified atom stereocenters. The van der Waals surface area contributed by atoms with Crippen LogP contribution in [0.5, 0.6) is 0 Å². The molecule has 0 amide bonds. The predicted octanol–water partition coefficient (Wildman–Crippen LogP) is 2.66. The molecule has 0 aromatic heterocycles. The van der Waals surface area contributed by atoms with Gasteiger partial charge in [0, 0.05) is 0 Å². The van der Waals surface area contributed by atoms with Crippen molar-refractivity contribution in [2.24, 2.45) is 0 Å². The Bertz CT molecular complexity index is 267. The molecule has 1 aromatic carbocycles. The van der Waals surface area contributed by atoms with Crippen LogP contribution < -0.4 is 0 Å². The first-order valence-corrected chi connectivity index (χ1v) is 4.84. The van der Waals surface area contributed by atoms with Gasteiger partial charge in [-0.05, 0) is 25.0 Å². The van der Waals surface area contributed by atoms with E-state index in [4.69, 9.17) is 4.74 Å². The third-order valence-electron chi connectivity index (χ3n) is 1.90. The molecule has 0 spiro atoms. The van der Waals surface area contributed by atoms with Crippen LogP contribution in [0.2, 0.25) is 0 Å². The topological polar surface area (TPSA) is 29.5 Å². The summed E-state index contributed by atoms with van der Waals surface area (Å²) in [6.07, 6.45) is 3.62. The van der Waals surface area contributed by atoms with E-state index in [2.05, 4.69) is 0 Å². The van der Waals surface area contributed by atoms with Crippen molar-refractivity contribution in [2.45, 2.75) is 19.4 Å². The van der Waals surface area contributed by atoms with Crippen molar-refractivity contribution >= 4 is 0 Å². The summed E-state index contributed by atoms with van der Waals surface area (Å²) in [6, 6.07) is 9.61. The van der Waals surface area contributed by atoms with E-state index in [0.29, 0.717) is 13.0 Å². The van der Waals surface area contributed by atoms with Crippen LogP contribution >= 0.6 is 0 Å². The lowest BCUT2D eigenvalue weighted by Gasteiger charge is -2.07. The maximum Gasteiger partial charge on any atom is 0.0845 e. The molecule has 0 heterocycles. The minimum absolute atomic E-state index is 0.437. The number of hydrogen-bond acceptors (Lipinski definition) is 2. The van der Waals surface area contributed by atoms with Gasteiger partial charge in [0.2, 0.25) is 0 Å². The van der Waals surface area contributed by atoms with Crippen molar-refractivity contribution in [3.05, 3.63) is 48.2 Å². The fraction of sp³-hybridized carbons (Fsp3) is 0.333. The fourth-order valence-electron chi connectivity index (χ4n) is 1.16. The molecule has 1 aromatic rings. The largest absolute Gasteiger partial charge is 0.502 e. The molecule has 2 heteroatoms. The highest BCUT2D eigenvalue weighted by Gasteiger charge is 2.03. The smallest absolute Gasteiger partial charge is 0.0845 e. The van der Waals surface area contributed by atoms with Crippen LogP contribution in [0.3, 0.4) is 0 Å². The molecule has 0 aliphatic heterocycles. The summed E-state index contributed by atoms with van der Waals surface area (Å²) in [7, 11) is 0. The molecule has 0 aliphatic rings. The zero-order valence-electron chi connectivity index (χ0n) is 8.39. The van der Waals surface area contributed by atoms with Crippen molar-refractivity contribution in [2.75, 3.05) is 6.61 Å². The molecule has 0 radical (unpaired) electrons. The van der Waals surface area contributed by atoms with E-state index in [9.17, 15) is 5.11 Å². The molecular weight excluding hydrogens is 176 g/mol. The van der Waals surface area contributed by atoms with E-state index in [0.717, 1.165) is 5.56 Å². The Labute approximate surface area is 84.8 Å². The van der Waals surface area contributed by atoms with E-state index in [1.807, 2.05) is 43.3 Å². The third-order valence-corrected chi connectivity index (χ3v) is 1.90. The van der Waals surface area contributed by atoms with Crippen molar-refractivity contribution < 1.29 is 9.84 Å². The first-order valence-electron chi connectivity index (χ1n) is 4.84. The van der Waals surface area contributed by atoms with Gasteiger partial charge < -0.3 is 9.84 Å². The molecular formula is C12H16O2. The number of rotatable bonds is 5. The zero-order chi connectivity index (χ0) is 10.2. The second kappa shape index (κ2) is 6.22. The minimum Gasteiger partial charge on any atom is -0.502 e. The second-order valence-corrected chi connectivity index (χ2v) is 2.99. The highest BCUT2D eigenvalue weighted by Crippen LogP contribution is 2.15. The maximum absolute atomic E-state index is 9.71. The Morgan fingerprint density at radius 1 is 1.36 bits per heavy atom. The van der Waals surface area contributed by atoms with Gasteiger partial charge in [0.25, 0.3) is 0 Å². The fourth-order valence-corrected chi connectivity index (χ4v) is 1.16. The van der Waals surface area contributed by atoms with Gasteiger partial charge in [-0.3, -0.25) is 0 Å². The standard InChI is InChI=1S/C12H16O2/c1-2-14-10-6-9-12(13)11-7-4-3-5-8-11/h3-8,10,12-13H,2,9H2,1H3. The van der Waals surface area contributed by atoms with Crippen LogP contribution in [0.1, 0.15) is 25.0 Å². The summed E-state index contributed by atoms with van der Waals surface area (Å²) in [6.45, 7) is 2.59. The number of ether oxygens (including phenoxy) is 1. The summed E-state index contributed by atoms with van der Waals surface area (Å²) in [4.78, 5) is 0. The molecule has 0 saturated heterocycles. The zero-order valence-corrected chi connectivity index (χ0v) is 8.39. The quantitative estimate of drug-likeness (QED) is 0.727. The monoisotopic (exact) mass is 192 g/mol. The molecule has 76 valence electrons. The highest BCUT2D eigenvalue weighted by atomic mass is 16.5. The number of benzene rings is 1. The van der Waals surface area contributed by atoms with E-state index in [1.165, 1.54) is 0 Å². The summed E-state index contributed by atoms with van der Waals surface area (Å²) in [5.74, 6) is 0. The predicted molar refractivity (Wildman–Crippen MR) is 56.8 cm³/mol.